The molecule has 0 aliphatic heterocycles. The number of rotatable bonds is 20. The second kappa shape index (κ2) is 43.8. The summed E-state index contributed by atoms with van der Waals surface area (Å²) in [6.07, 6.45) is 11.4. The summed E-state index contributed by atoms with van der Waals surface area (Å²) >= 11 is 8.32. The lowest BCUT2D eigenvalue weighted by Crippen LogP contribution is -2.13. The smallest absolute Gasteiger partial charge is 0.416 e. The van der Waals surface area contributed by atoms with Gasteiger partial charge in [-0.1, -0.05) is 94.5 Å². The highest BCUT2D eigenvalue weighted by Crippen LogP contribution is 2.37. The van der Waals surface area contributed by atoms with Crippen LogP contribution in [-0.2, 0) is 6.18 Å². The van der Waals surface area contributed by atoms with E-state index in [1.807, 2.05) is 138 Å². The molecule has 614 valence electrons. The maximum absolute atomic E-state index is 13.2. The molecular formula is C96H75ClF3IN12O10. The summed E-state index contributed by atoms with van der Waals surface area (Å²) in [5.41, 5.74) is 9.05. The van der Waals surface area contributed by atoms with Gasteiger partial charge in [0.05, 0.1) is 48.2 Å². The van der Waals surface area contributed by atoms with Crippen molar-refractivity contribution in [2.45, 2.75) is 40.8 Å². The van der Waals surface area contributed by atoms with Crippen LogP contribution >= 0.6 is 34.2 Å². The first-order chi connectivity index (χ1) is 59.3. The second-order valence-electron chi connectivity index (χ2n) is 26.8. The van der Waals surface area contributed by atoms with E-state index in [9.17, 15) is 42.4 Å². The van der Waals surface area contributed by atoms with Crippen LogP contribution in [0.5, 0.6) is 57.5 Å². The number of nitriles is 1. The summed E-state index contributed by atoms with van der Waals surface area (Å²) in [4.78, 5) is 85.7. The van der Waals surface area contributed by atoms with E-state index < -0.39 is 17.6 Å². The third-order valence-corrected chi connectivity index (χ3v) is 17.6. The highest BCUT2D eigenvalue weighted by atomic mass is 127. The van der Waals surface area contributed by atoms with Gasteiger partial charge in [0.1, 0.15) is 63.2 Å². The Morgan fingerprint density at radius 2 is 0.675 bits per heavy atom. The number of halogens is 5. The molecule has 0 atom stereocenters. The second-order valence-corrected chi connectivity index (χ2v) is 28.5. The number of carbonyl (C=O) groups is 5. The fraction of sp³-hybridized carbons (Fsp3) is 0.0625. The van der Waals surface area contributed by atoms with Gasteiger partial charge in [-0.05, 0) is 239 Å². The highest BCUT2D eigenvalue weighted by molar-refractivity contribution is 14.1. The van der Waals surface area contributed by atoms with Crippen LogP contribution in [0.25, 0.3) is 0 Å². The Balaban J connectivity index is 0.000000150. The van der Waals surface area contributed by atoms with Gasteiger partial charge < -0.3 is 50.3 Å². The van der Waals surface area contributed by atoms with Gasteiger partial charge in [-0.2, -0.15) is 18.4 Å². The van der Waals surface area contributed by atoms with Gasteiger partial charge in [-0.3, -0.25) is 48.9 Å². The van der Waals surface area contributed by atoms with Crippen molar-refractivity contribution in [2.75, 3.05) is 26.6 Å². The van der Waals surface area contributed by atoms with Crippen LogP contribution in [-0.4, -0.2) is 59.4 Å². The molecule has 6 heterocycles. The third kappa shape index (κ3) is 28.9. The molecule has 0 radical (unpaired) electrons. The summed E-state index contributed by atoms with van der Waals surface area (Å²) in [6, 6.07) is 79.6. The Labute approximate surface area is 725 Å². The molecule has 5 amide bonds. The predicted octanol–water partition coefficient (Wildman–Crippen LogP) is 23.7. The van der Waals surface area contributed by atoms with Crippen molar-refractivity contribution in [2.24, 2.45) is 0 Å². The number of alkyl halides is 3. The van der Waals surface area contributed by atoms with Crippen LogP contribution < -0.4 is 50.3 Å². The van der Waals surface area contributed by atoms with Gasteiger partial charge in [-0.25, -0.2) is 4.98 Å². The number of nitrogens with zero attached hydrogens (tertiary/aromatic N) is 7. The van der Waals surface area contributed by atoms with Gasteiger partial charge in [0.15, 0.2) is 0 Å². The number of benzene rings is 9. The Bertz CT molecular complexity index is 6060. The molecule has 0 unspecified atom stereocenters. The number of aryl methyl sites for hydroxylation is 5. The summed E-state index contributed by atoms with van der Waals surface area (Å²) in [6.45, 7) is 9.49. The van der Waals surface area contributed by atoms with E-state index in [1.165, 1.54) is 18.5 Å². The maximum Gasteiger partial charge on any atom is 0.416 e. The maximum atomic E-state index is 13.2. The normalized spacial score (nSPS) is 10.3. The zero-order chi connectivity index (χ0) is 87.0. The Morgan fingerprint density at radius 1 is 0.341 bits per heavy atom. The molecule has 0 spiro atoms. The molecule has 27 heteroatoms. The summed E-state index contributed by atoms with van der Waals surface area (Å²) in [5.74, 6) is 3.54. The standard InChI is InChI=1S/C20H15F3N2O2.C20H15N3O2.C19H15ClN2O2.C19H15IN2O2.C18H15N3O2/c1-13-4-2-5-14(8-13)19(26)25-16-9-15(20(21,22)23)10-18(11-16)27-17-6-3-7-24-12-17;1-14-4-2-5-16(8-14)20(24)23-17-9-15(12-21)10-19(11-17)25-18-6-3-7-22-13-18;2*1-13-4-2-5-14(8-13)19(23)22-16-9-15(20)10-18(11-16)24-17-6-3-7-21-12-17;1-13-5-2-9-17(20-13)18(22)21-14-6-3-7-15(11-14)23-16-8-4-10-19-12-16/h2-12H,1H3,(H,25,26);2-11,13H,1H3,(H,23,24);2*2-12H,1H3,(H,22,23);2-12H,1H3,(H,21,22). The third-order valence-electron chi connectivity index (χ3n) is 16.7. The largest absolute Gasteiger partial charge is 0.456 e. The summed E-state index contributed by atoms with van der Waals surface area (Å²) in [5, 5.41) is 23.5. The number of ether oxygens (including phenoxy) is 5. The van der Waals surface area contributed by atoms with E-state index in [0.717, 1.165) is 43.7 Å². The van der Waals surface area contributed by atoms with Gasteiger partial charge in [-0.15, -0.1) is 0 Å². The first kappa shape index (κ1) is 88.3. The molecule has 0 aliphatic rings. The SMILES string of the molecule is Cc1cccc(C(=O)Nc2cc(C#N)cc(Oc3cccnc3)c2)c1.Cc1cccc(C(=O)Nc2cc(Cl)cc(Oc3cccnc3)c2)c1.Cc1cccc(C(=O)Nc2cc(I)cc(Oc3cccnc3)c2)c1.Cc1cccc(C(=O)Nc2cc(Oc3cccnc3)cc(C(F)(F)F)c2)c1.Cc1cccc(C(=O)Nc2cccc(Oc3cccnc3)c2)n1. The van der Waals surface area contributed by atoms with E-state index in [1.54, 1.807) is 201 Å². The first-order valence-electron chi connectivity index (χ1n) is 37.5. The van der Waals surface area contributed by atoms with Crippen molar-refractivity contribution in [3.8, 4) is 63.6 Å². The minimum absolute atomic E-state index is 0.0183. The highest BCUT2D eigenvalue weighted by Gasteiger charge is 2.32. The van der Waals surface area contributed by atoms with Crippen LogP contribution in [0.1, 0.15) is 91.0 Å². The number of amides is 5. The fourth-order valence-electron chi connectivity index (χ4n) is 11.3. The van der Waals surface area contributed by atoms with Crippen LogP contribution in [0.3, 0.4) is 0 Å². The number of aromatic nitrogens is 6. The quantitative estimate of drug-likeness (QED) is 0.0443. The molecule has 0 aliphatic carbocycles. The molecule has 0 saturated heterocycles. The number of anilines is 5. The number of hydrogen-bond donors (Lipinski definition) is 5. The lowest BCUT2D eigenvalue weighted by Gasteiger charge is -2.14. The van der Waals surface area contributed by atoms with Crippen LogP contribution in [0.4, 0.5) is 41.6 Å². The van der Waals surface area contributed by atoms with E-state index in [2.05, 4.69) is 85.1 Å². The number of pyridine rings is 6. The number of hydrogen-bond acceptors (Lipinski definition) is 17. The van der Waals surface area contributed by atoms with E-state index in [4.69, 9.17) is 35.3 Å². The van der Waals surface area contributed by atoms with Crippen LogP contribution in [0.2, 0.25) is 5.02 Å². The number of nitrogens with one attached hydrogen (secondary N) is 5. The Kier molecular flexibility index (Phi) is 31.5. The van der Waals surface area contributed by atoms with Crippen molar-refractivity contribution >= 4 is 92.2 Å². The van der Waals surface area contributed by atoms with Crippen LogP contribution in [0, 0.1) is 49.5 Å². The van der Waals surface area contributed by atoms with Crippen molar-refractivity contribution in [3.63, 3.8) is 0 Å². The Hall–Kier alpha value is -15.5. The zero-order valence-electron chi connectivity index (χ0n) is 66.4. The van der Waals surface area contributed by atoms with Gasteiger partial charge in [0.25, 0.3) is 29.5 Å². The van der Waals surface area contributed by atoms with E-state index in [-0.39, 0.29) is 40.8 Å². The lowest BCUT2D eigenvalue weighted by atomic mass is 10.1. The first-order valence-corrected chi connectivity index (χ1v) is 39.0. The lowest BCUT2D eigenvalue weighted by molar-refractivity contribution is -0.137. The van der Waals surface area contributed by atoms with E-state index >= 15 is 0 Å². The fourth-order valence-corrected chi connectivity index (χ4v) is 12.1. The monoisotopic (exact) mass is 1770 g/mol. The summed E-state index contributed by atoms with van der Waals surface area (Å²) < 4.78 is 69.0. The van der Waals surface area contributed by atoms with Crippen molar-refractivity contribution in [3.05, 3.63) is 411 Å². The minimum atomic E-state index is -4.59. The van der Waals surface area contributed by atoms with Gasteiger partial charge in [0, 0.05) is 126 Å². The predicted molar refractivity (Wildman–Crippen MR) is 475 cm³/mol. The van der Waals surface area contributed by atoms with Gasteiger partial charge >= 0.3 is 6.18 Å². The minimum Gasteiger partial charge on any atom is -0.456 e. The molecule has 15 rings (SSSR count). The molecule has 0 fully saturated rings. The summed E-state index contributed by atoms with van der Waals surface area (Å²) in [7, 11) is 0. The van der Waals surface area contributed by atoms with Crippen molar-refractivity contribution in [1.29, 1.82) is 5.26 Å². The van der Waals surface area contributed by atoms with Crippen molar-refractivity contribution in [1.82, 2.24) is 29.9 Å². The molecule has 0 saturated carbocycles. The molecule has 15 aromatic rings. The van der Waals surface area contributed by atoms with Crippen molar-refractivity contribution < 1.29 is 60.8 Å². The number of carbonyl (C=O) groups excluding carboxylic acids is 5. The molecular weight excluding hydrogens is 1700 g/mol. The molecule has 6 aromatic heterocycles. The molecule has 5 N–H and O–H groups in total. The average Bonchev–Trinajstić information content (AvgIpc) is 0.445. The van der Waals surface area contributed by atoms with Gasteiger partial charge in [0.2, 0.25) is 0 Å². The van der Waals surface area contributed by atoms with Crippen LogP contribution in [0.15, 0.2) is 335 Å². The zero-order valence-corrected chi connectivity index (χ0v) is 69.3. The topological polar surface area (TPSA) is 293 Å². The Morgan fingerprint density at radius 3 is 1.06 bits per heavy atom. The average molecular weight is 1780 g/mol. The molecule has 123 heavy (non-hydrogen) atoms. The van der Waals surface area contributed by atoms with E-state index in [0.29, 0.717) is 107 Å². The molecule has 9 aromatic carbocycles. The molecule has 0 bridgehead atoms. The molecule has 22 nitrogen and oxygen atoms in total.